The zero-order chi connectivity index (χ0) is 37.8. The summed E-state index contributed by atoms with van der Waals surface area (Å²) < 4.78 is 18.1. The van der Waals surface area contributed by atoms with Crippen LogP contribution in [0.5, 0.6) is 0 Å². The molecule has 0 aliphatic rings. The summed E-state index contributed by atoms with van der Waals surface area (Å²) in [6.07, 6.45) is 15.2. The van der Waals surface area contributed by atoms with Crippen LogP contribution in [0, 0.1) is 39.9 Å². The molecule has 6 nitrogen and oxygen atoms in total. The largest absolute Gasteiger partial charge is 0.465 e. The standard InChI is InChI=1S/C43H82O6/c1-15-19-23-24-25-26-30-47-38(44)35(41(11,12)27-20-16-2)31-42(13,28-21-17-3)43(14,29-22-18-4)37(40(46)49-34(9)10)36(32(5)6)39(45)48-33(7)8/h32-37H,15-31H2,1-14H3. The molecule has 0 aromatic rings. The van der Waals surface area contributed by atoms with Crippen molar-refractivity contribution in [3.05, 3.63) is 0 Å². The average molecular weight is 695 g/mol. The van der Waals surface area contributed by atoms with Crippen LogP contribution < -0.4 is 0 Å². The minimum atomic E-state index is -0.729. The molecule has 0 aliphatic heterocycles. The molecule has 0 amide bonds. The van der Waals surface area contributed by atoms with Gasteiger partial charge in [0.05, 0.1) is 36.6 Å². The van der Waals surface area contributed by atoms with E-state index in [1.807, 2.05) is 41.5 Å². The molecule has 0 fully saturated rings. The number of esters is 3. The molecule has 5 atom stereocenters. The fraction of sp³-hybridized carbons (Fsp3) is 0.930. The second kappa shape index (κ2) is 23.8. The molecule has 0 aromatic heterocycles. The summed E-state index contributed by atoms with van der Waals surface area (Å²) in [6.45, 7) is 29.7. The van der Waals surface area contributed by atoms with Crippen molar-refractivity contribution in [2.24, 2.45) is 39.9 Å². The van der Waals surface area contributed by atoms with E-state index in [2.05, 4.69) is 55.4 Å². The van der Waals surface area contributed by atoms with Gasteiger partial charge in [0.1, 0.15) is 0 Å². The molecule has 0 aromatic carbocycles. The van der Waals surface area contributed by atoms with Gasteiger partial charge in [0, 0.05) is 0 Å². The van der Waals surface area contributed by atoms with Gasteiger partial charge in [-0.05, 0) is 82.0 Å². The van der Waals surface area contributed by atoms with Crippen LogP contribution in [0.1, 0.15) is 200 Å². The highest BCUT2D eigenvalue weighted by atomic mass is 16.6. The third-order valence-corrected chi connectivity index (χ3v) is 11.3. The molecule has 0 N–H and O–H groups in total. The molecule has 5 unspecified atom stereocenters. The monoisotopic (exact) mass is 695 g/mol. The predicted octanol–water partition coefficient (Wildman–Crippen LogP) is 12.3. The van der Waals surface area contributed by atoms with Crippen molar-refractivity contribution in [3.63, 3.8) is 0 Å². The van der Waals surface area contributed by atoms with Crippen LogP contribution in [0.3, 0.4) is 0 Å². The zero-order valence-electron chi connectivity index (χ0n) is 34.9. The lowest BCUT2D eigenvalue weighted by molar-refractivity contribution is -0.183. The normalized spacial score (nSPS) is 16.6. The third kappa shape index (κ3) is 15.7. The number of ether oxygens (including phenoxy) is 3. The van der Waals surface area contributed by atoms with Crippen LogP contribution in [0.25, 0.3) is 0 Å². The summed E-state index contributed by atoms with van der Waals surface area (Å²) in [6, 6.07) is 0. The van der Waals surface area contributed by atoms with Crippen molar-refractivity contribution in [1.29, 1.82) is 0 Å². The van der Waals surface area contributed by atoms with E-state index in [1.165, 1.54) is 25.7 Å². The molecular formula is C43H82O6. The number of unbranched alkanes of at least 4 members (excludes halogenated alkanes) is 8. The molecule has 49 heavy (non-hydrogen) atoms. The first-order chi connectivity index (χ1) is 22.9. The lowest BCUT2D eigenvalue weighted by atomic mass is 9.49. The molecule has 0 bridgehead atoms. The Labute approximate surface area is 304 Å². The van der Waals surface area contributed by atoms with Gasteiger partial charge in [0.15, 0.2) is 0 Å². The van der Waals surface area contributed by atoms with E-state index in [4.69, 9.17) is 14.2 Å². The predicted molar refractivity (Wildman–Crippen MR) is 205 cm³/mol. The Bertz CT molecular complexity index is 923. The van der Waals surface area contributed by atoms with Crippen LogP contribution in [0.15, 0.2) is 0 Å². The highest BCUT2D eigenvalue weighted by Crippen LogP contribution is 2.59. The molecule has 0 heterocycles. The third-order valence-electron chi connectivity index (χ3n) is 11.3. The second-order valence-electron chi connectivity index (χ2n) is 17.2. The van der Waals surface area contributed by atoms with E-state index in [-0.39, 0.29) is 47.4 Å². The lowest BCUT2D eigenvalue weighted by Crippen LogP contribution is -2.54. The molecule has 0 aliphatic carbocycles. The second-order valence-corrected chi connectivity index (χ2v) is 17.2. The fourth-order valence-electron chi connectivity index (χ4n) is 7.87. The zero-order valence-corrected chi connectivity index (χ0v) is 34.9. The summed E-state index contributed by atoms with van der Waals surface area (Å²) in [5.41, 5.74) is -1.43. The van der Waals surface area contributed by atoms with Gasteiger partial charge < -0.3 is 14.2 Å². The molecule has 0 saturated carbocycles. The Hall–Kier alpha value is -1.59. The SMILES string of the molecule is CCCCCCCCOC(=O)C(CC(C)(CCCC)C(C)(CCCC)C(C(=O)OC(C)C)C(C(=O)OC(C)C)C(C)C)C(C)(C)CCCC. The van der Waals surface area contributed by atoms with Crippen molar-refractivity contribution < 1.29 is 28.6 Å². The van der Waals surface area contributed by atoms with E-state index in [0.29, 0.717) is 13.0 Å². The quantitative estimate of drug-likeness (QED) is 0.0461. The van der Waals surface area contributed by atoms with Gasteiger partial charge in [0.25, 0.3) is 0 Å². The fourth-order valence-corrected chi connectivity index (χ4v) is 7.87. The van der Waals surface area contributed by atoms with Crippen LogP contribution in [0.4, 0.5) is 0 Å². The van der Waals surface area contributed by atoms with Crippen LogP contribution in [-0.4, -0.2) is 36.7 Å². The van der Waals surface area contributed by atoms with E-state index in [1.54, 1.807) is 0 Å². The summed E-state index contributed by atoms with van der Waals surface area (Å²) in [7, 11) is 0. The van der Waals surface area contributed by atoms with Gasteiger partial charge in [-0.2, -0.15) is 0 Å². The molecule has 0 rings (SSSR count). The van der Waals surface area contributed by atoms with E-state index >= 15 is 0 Å². The molecule has 0 saturated heterocycles. The van der Waals surface area contributed by atoms with Gasteiger partial charge in [-0.25, -0.2) is 0 Å². The van der Waals surface area contributed by atoms with Gasteiger partial charge in [-0.3, -0.25) is 14.4 Å². The molecular weight excluding hydrogens is 612 g/mol. The van der Waals surface area contributed by atoms with Crippen molar-refractivity contribution in [2.45, 2.75) is 212 Å². The smallest absolute Gasteiger partial charge is 0.310 e. The summed E-state index contributed by atoms with van der Waals surface area (Å²) in [4.78, 5) is 42.9. The first-order valence-corrected chi connectivity index (χ1v) is 20.5. The Balaban J connectivity index is 7.34. The highest BCUT2D eigenvalue weighted by molar-refractivity contribution is 5.83. The van der Waals surface area contributed by atoms with Gasteiger partial charge in [0.2, 0.25) is 0 Å². The first kappa shape index (κ1) is 47.4. The van der Waals surface area contributed by atoms with E-state index in [0.717, 1.165) is 70.6 Å². The summed E-state index contributed by atoms with van der Waals surface area (Å²) in [5.74, 6) is -2.68. The molecule has 0 radical (unpaired) electrons. The van der Waals surface area contributed by atoms with E-state index in [9.17, 15) is 14.4 Å². The molecule has 6 heteroatoms. The summed E-state index contributed by atoms with van der Waals surface area (Å²) in [5, 5.41) is 0. The van der Waals surface area contributed by atoms with Crippen LogP contribution in [0.2, 0.25) is 0 Å². The van der Waals surface area contributed by atoms with Crippen LogP contribution in [-0.2, 0) is 28.6 Å². The summed E-state index contributed by atoms with van der Waals surface area (Å²) >= 11 is 0. The van der Waals surface area contributed by atoms with Gasteiger partial charge in [-0.15, -0.1) is 0 Å². The van der Waals surface area contributed by atoms with Crippen LogP contribution >= 0.6 is 0 Å². The topological polar surface area (TPSA) is 78.9 Å². The van der Waals surface area contributed by atoms with E-state index < -0.39 is 22.7 Å². The molecule has 0 spiro atoms. The van der Waals surface area contributed by atoms with Crippen molar-refractivity contribution in [3.8, 4) is 0 Å². The lowest BCUT2D eigenvalue weighted by Gasteiger charge is -2.55. The van der Waals surface area contributed by atoms with Gasteiger partial charge in [-0.1, -0.05) is 140 Å². The van der Waals surface area contributed by atoms with Gasteiger partial charge >= 0.3 is 17.9 Å². The Morgan fingerprint density at radius 1 is 0.551 bits per heavy atom. The number of rotatable bonds is 28. The Kier molecular flexibility index (Phi) is 23.0. The minimum absolute atomic E-state index is 0.115. The maximum atomic E-state index is 14.5. The van der Waals surface area contributed by atoms with Crippen molar-refractivity contribution in [2.75, 3.05) is 6.61 Å². The first-order valence-electron chi connectivity index (χ1n) is 20.5. The Morgan fingerprint density at radius 3 is 1.53 bits per heavy atom. The number of hydrogen-bond acceptors (Lipinski definition) is 6. The number of carbonyl (C=O) groups is 3. The maximum Gasteiger partial charge on any atom is 0.310 e. The maximum absolute atomic E-state index is 14.5. The number of carbonyl (C=O) groups excluding carboxylic acids is 3. The number of hydrogen-bond donors (Lipinski definition) is 0. The Morgan fingerprint density at radius 2 is 1.02 bits per heavy atom. The highest BCUT2D eigenvalue weighted by Gasteiger charge is 2.58. The van der Waals surface area contributed by atoms with Crippen molar-refractivity contribution >= 4 is 17.9 Å². The minimum Gasteiger partial charge on any atom is -0.465 e. The average Bonchev–Trinajstić information content (AvgIpc) is 3.01. The molecule has 290 valence electrons. The van der Waals surface area contributed by atoms with Crippen molar-refractivity contribution in [1.82, 2.24) is 0 Å².